The second kappa shape index (κ2) is 14.9. The number of nitrogens with zero attached hydrogens (tertiary/aromatic N) is 2. The molecule has 2 aromatic carbocycles. The van der Waals surface area contributed by atoms with Gasteiger partial charge in [0.25, 0.3) is 0 Å². The molecule has 0 spiro atoms. The summed E-state index contributed by atoms with van der Waals surface area (Å²) in [5.41, 5.74) is 5.09. The zero-order valence-corrected chi connectivity index (χ0v) is 21.2. The number of aromatic nitrogens is 1. The van der Waals surface area contributed by atoms with Gasteiger partial charge in [-0.1, -0.05) is 67.1 Å². The summed E-state index contributed by atoms with van der Waals surface area (Å²) in [6, 6.07) is 24.1. The van der Waals surface area contributed by atoms with E-state index in [0.29, 0.717) is 12.6 Å². The third-order valence-corrected chi connectivity index (χ3v) is 6.22. The van der Waals surface area contributed by atoms with E-state index in [2.05, 4.69) is 83.6 Å². The molecule has 1 aromatic heterocycles. The molecular formula is C31H39N3O. The predicted octanol–water partition coefficient (Wildman–Crippen LogP) is 6.08. The van der Waals surface area contributed by atoms with Gasteiger partial charge < -0.3 is 5.32 Å². The molecule has 1 N–H and O–H groups in total. The zero-order valence-electron chi connectivity index (χ0n) is 21.2. The van der Waals surface area contributed by atoms with E-state index >= 15 is 0 Å². The number of amides is 1. The summed E-state index contributed by atoms with van der Waals surface area (Å²) in [6.45, 7) is 7.32. The van der Waals surface area contributed by atoms with Gasteiger partial charge in [-0.15, -0.1) is 0 Å². The van der Waals surface area contributed by atoms with Gasteiger partial charge >= 0.3 is 0 Å². The largest absolute Gasteiger partial charge is 0.353 e. The minimum Gasteiger partial charge on any atom is -0.353 e. The number of aryl methyl sites for hydroxylation is 1. The Balaban J connectivity index is 1.31. The number of pyridine rings is 1. The summed E-state index contributed by atoms with van der Waals surface area (Å²) in [5, 5.41) is 2.96. The topological polar surface area (TPSA) is 45.2 Å². The van der Waals surface area contributed by atoms with Gasteiger partial charge in [0, 0.05) is 44.1 Å². The van der Waals surface area contributed by atoms with Crippen molar-refractivity contribution in [3.63, 3.8) is 0 Å². The number of carbonyl (C=O) groups excluding carboxylic acids is 1. The highest BCUT2D eigenvalue weighted by atomic mass is 16.1. The van der Waals surface area contributed by atoms with E-state index in [0.717, 1.165) is 50.8 Å². The van der Waals surface area contributed by atoms with Crippen LogP contribution in [0.1, 0.15) is 55.4 Å². The predicted molar refractivity (Wildman–Crippen MR) is 146 cm³/mol. The molecule has 184 valence electrons. The van der Waals surface area contributed by atoms with Crippen LogP contribution in [0.3, 0.4) is 0 Å². The molecule has 0 aliphatic rings. The highest BCUT2D eigenvalue weighted by molar-refractivity contribution is 5.91. The molecule has 0 unspecified atom stereocenters. The average molecular weight is 470 g/mol. The number of carbonyl (C=O) groups is 1. The molecule has 0 bridgehead atoms. The molecule has 0 saturated carbocycles. The van der Waals surface area contributed by atoms with Gasteiger partial charge in [0.05, 0.1) is 0 Å². The van der Waals surface area contributed by atoms with E-state index in [1.54, 1.807) is 24.5 Å². The summed E-state index contributed by atoms with van der Waals surface area (Å²) in [6.07, 6.45) is 12.2. The van der Waals surface area contributed by atoms with Gasteiger partial charge in [-0.05, 0) is 73.9 Å². The Morgan fingerprint density at radius 2 is 1.63 bits per heavy atom. The molecule has 1 heterocycles. The molecule has 3 aromatic rings. The Labute approximate surface area is 211 Å². The zero-order chi connectivity index (χ0) is 24.7. The maximum atomic E-state index is 11.9. The summed E-state index contributed by atoms with van der Waals surface area (Å²) in [5.74, 6) is -0.0522. The van der Waals surface area contributed by atoms with Crippen LogP contribution in [0.15, 0.2) is 85.2 Å². The van der Waals surface area contributed by atoms with Crippen molar-refractivity contribution in [2.45, 2.75) is 58.5 Å². The monoisotopic (exact) mass is 469 g/mol. The van der Waals surface area contributed by atoms with Crippen molar-refractivity contribution in [1.82, 2.24) is 15.2 Å². The Hall–Kier alpha value is -3.24. The van der Waals surface area contributed by atoms with Crippen molar-refractivity contribution in [2.24, 2.45) is 0 Å². The molecule has 0 aliphatic carbocycles. The van der Waals surface area contributed by atoms with Crippen molar-refractivity contribution in [3.05, 3.63) is 107 Å². The van der Waals surface area contributed by atoms with Crippen LogP contribution in [0, 0.1) is 0 Å². The summed E-state index contributed by atoms with van der Waals surface area (Å²) >= 11 is 0. The standard InChI is InChI=1S/C31H39N3O/c1-26(2)34(23-20-27-10-5-3-6-11-27)25-30-16-14-28(15-17-30)12-7-4-8-22-33-31(35)19-18-29-13-9-21-32-24-29/h3,5-6,9-11,13-19,21,24,26H,4,7-8,12,20,22-23,25H2,1-2H3,(H,33,35)/b19-18+. The first-order valence-electron chi connectivity index (χ1n) is 12.8. The Morgan fingerprint density at radius 1 is 0.886 bits per heavy atom. The van der Waals surface area contributed by atoms with Crippen LogP contribution in [0.2, 0.25) is 0 Å². The maximum absolute atomic E-state index is 11.9. The van der Waals surface area contributed by atoms with Crippen LogP contribution >= 0.6 is 0 Å². The van der Waals surface area contributed by atoms with Crippen LogP contribution in [0.5, 0.6) is 0 Å². The molecular weight excluding hydrogens is 430 g/mol. The molecule has 35 heavy (non-hydrogen) atoms. The number of hydrogen-bond donors (Lipinski definition) is 1. The normalized spacial score (nSPS) is 11.4. The van der Waals surface area contributed by atoms with E-state index in [1.807, 2.05) is 12.1 Å². The second-order valence-electron chi connectivity index (χ2n) is 9.34. The first-order chi connectivity index (χ1) is 17.1. The maximum Gasteiger partial charge on any atom is 0.243 e. The highest BCUT2D eigenvalue weighted by Crippen LogP contribution is 2.13. The van der Waals surface area contributed by atoms with Crippen LogP contribution in [0.25, 0.3) is 6.08 Å². The fourth-order valence-corrected chi connectivity index (χ4v) is 4.03. The first-order valence-corrected chi connectivity index (χ1v) is 12.8. The van der Waals surface area contributed by atoms with Crippen molar-refractivity contribution < 1.29 is 4.79 Å². The number of unbranched alkanes of at least 4 members (excludes halogenated alkanes) is 2. The Morgan fingerprint density at radius 3 is 2.34 bits per heavy atom. The van der Waals surface area contributed by atoms with Crippen molar-refractivity contribution in [3.8, 4) is 0 Å². The second-order valence-corrected chi connectivity index (χ2v) is 9.34. The smallest absolute Gasteiger partial charge is 0.243 e. The van der Waals surface area contributed by atoms with E-state index in [-0.39, 0.29) is 5.91 Å². The van der Waals surface area contributed by atoms with Gasteiger partial charge in [-0.2, -0.15) is 0 Å². The SMILES string of the molecule is CC(C)N(CCc1ccccc1)Cc1ccc(CCCCCNC(=O)/C=C/c2cccnc2)cc1. The highest BCUT2D eigenvalue weighted by Gasteiger charge is 2.10. The lowest BCUT2D eigenvalue weighted by atomic mass is 10.0. The quantitative estimate of drug-likeness (QED) is 0.230. The van der Waals surface area contributed by atoms with E-state index in [4.69, 9.17) is 0 Å². The first kappa shape index (κ1) is 26.4. The summed E-state index contributed by atoms with van der Waals surface area (Å²) in [4.78, 5) is 18.5. The van der Waals surface area contributed by atoms with E-state index in [1.165, 1.54) is 16.7 Å². The van der Waals surface area contributed by atoms with Gasteiger partial charge in [0.2, 0.25) is 5.91 Å². The van der Waals surface area contributed by atoms with Crippen LogP contribution < -0.4 is 5.32 Å². The number of nitrogens with one attached hydrogen (secondary N) is 1. The fourth-order valence-electron chi connectivity index (χ4n) is 4.03. The number of rotatable bonds is 14. The number of hydrogen-bond acceptors (Lipinski definition) is 3. The minimum absolute atomic E-state index is 0.0522. The van der Waals surface area contributed by atoms with Gasteiger partial charge in [-0.25, -0.2) is 0 Å². The lowest BCUT2D eigenvalue weighted by molar-refractivity contribution is -0.116. The van der Waals surface area contributed by atoms with Gasteiger partial charge in [-0.3, -0.25) is 14.7 Å². The molecule has 0 saturated heterocycles. The average Bonchev–Trinajstić information content (AvgIpc) is 2.89. The minimum atomic E-state index is -0.0522. The molecule has 4 heteroatoms. The van der Waals surface area contributed by atoms with Crippen LogP contribution in [-0.4, -0.2) is 34.9 Å². The molecule has 0 aliphatic heterocycles. The van der Waals surface area contributed by atoms with Gasteiger partial charge in [0.1, 0.15) is 0 Å². The molecule has 0 fully saturated rings. The lowest BCUT2D eigenvalue weighted by Gasteiger charge is -2.26. The molecule has 0 radical (unpaired) electrons. The molecule has 3 rings (SSSR count). The molecule has 0 atom stereocenters. The molecule has 4 nitrogen and oxygen atoms in total. The van der Waals surface area contributed by atoms with Crippen molar-refractivity contribution >= 4 is 12.0 Å². The third-order valence-electron chi connectivity index (χ3n) is 6.22. The fraction of sp³-hybridized carbons (Fsp3) is 0.355. The third kappa shape index (κ3) is 10.3. The van der Waals surface area contributed by atoms with E-state index in [9.17, 15) is 4.79 Å². The Bertz CT molecular complexity index is 1010. The van der Waals surface area contributed by atoms with Crippen molar-refractivity contribution in [2.75, 3.05) is 13.1 Å². The summed E-state index contributed by atoms with van der Waals surface area (Å²) < 4.78 is 0. The Kier molecular flexibility index (Phi) is 11.2. The van der Waals surface area contributed by atoms with Crippen LogP contribution in [0.4, 0.5) is 0 Å². The van der Waals surface area contributed by atoms with Gasteiger partial charge in [0.15, 0.2) is 0 Å². The van der Waals surface area contributed by atoms with E-state index < -0.39 is 0 Å². The summed E-state index contributed by atoms with van der Waals surface area (Å²) in [7, 11) is 0. The van der Waals surface area contributed by atoms with Crippen LogP contribution in [-0.2, 0) is 24.2 Å². The van der Waals surface area contributed by atoms with Crippen molar-refractivity contribution in [1.29, 1.82) is 0 Å². The number of benzene rings is 2. The molecule has 1 amide bonds. The lowest BCUT2D eigenvalue weighted by Crippen LogP contribution is -2.32.